The van der Waals surface area contributed by atoms with Gasteiger partial charge in [0.05, 0.1) is 18.8 Å². The van der Waals surface area contributed by atoms with Gasteiger partial charge in [0.15, 0.2) is 0 Å². The second-order valence-electron chi connectivity index (χ2n) is 5.96. The number of benzene rings is 1. The van der Waals surface area contributed by atoms with Crippen LogP contribution < -0.4 is 15.4 Å². The molecular weight excluding hydrogens is 292 g/mol. The van der Waals surface area contributed by atoms with Crippen molar-refractivity contribution < 1.29 is 9.53 Å². The van der Waals surface area contributed by atoms with Gasteiger partial charge in [-0.2, -0.15) is 5.10 Å². The van der Waals surface area contributed by atoms with Crippen LogP contribution in [0.15, 0.2) is 30.6 Å². The number of fused-ring (bicyclic) bond motifs is 1. The fourth-order valence-electron chi connectivity index (χ4n) is 2.79. The summed E-state index contributed by atoms with van der Waals surface area (Å²) in [6.45, 7) is 5.73. The molecule has 1 aliphatic rings. The van der Waals surface area contributed by atoms with Gasteiger partial charge in [-0.15, -0.1) is 0 Å². The number of hydrogen-bond donors (Lipinski definition) is 2. The van der Waals surface area contributed by atoms with Gasteiger partial charge in [-0.05, 0) is 37.0 Å². The van der Waals surface area contributed by atoms with Crippen molar-refractivity contribution in [3.05, 3.63) is 47.3 Å². The number of urea groups is 1. The maximum absolute atomic E-state index is 12.0. The number of rotatable bonds is 4. The van der Waals surface area contributed by atoms with Crippen molar-refractivity contribution in [1.29, 1.82) is 0 Å². The Kier molecular flexibility index (Phi) is 4.50. The van der Waals surface area contributed by atoms with E-state index in [1.165, 1.54) is 0 Å². The molecule has 2 aromatic rings. The molecule has 6 heteroatoms. The molecular formula is C17H22N4O2. The fourth-order valence-corrected chi connectivity index (χ4v) is 2.79. The number of amides is 2. The van der Waals surface area contributed by atoms with Gasteiger partial charge >= 0.3 is 6.03 Å². The lowest BCUT2D eigenvalue weighted by Crippen LogP contribution is -2.47. The summed E-state index contributed by atoms with van der Waals surface area (Å²) in [6, 6.07) is 5.94. The Morgan fingerprint density at radius 2 is 2.30 bits per heavy atom. The van der Waals surface area contributed by atoms with Gasteiger partial charge in [0.25, 0.3) is 0 Å². The predicted molar refractivity (Wildman–Crippen MR) is 87.7 cm³/mol. The van der Waals surface area contributed by atoms with Crippen LogP contribution in [-0.4, -0.2) is 35.0 Å². The number of ether oxygens (including phenoxy) is 1. The van der Waals surface area contributed by atoms with Crippen LogP contribution in [0, 0.1) is 13.8 Å². The summed E-state index contributed by atoms with van der Waals surface area (Å²) in [4.78, 5) is 12.0. The second-order valence-corrected chi connectivity index (χ2v) is 5.96. The lowest BCUT2D eigenvalue weighted by Gasteiger charge is -2.27. The number of hydrogen-bond acceptors (Lipinski definition) is 3. The number of aryl methyl sites for hydroxylation is 2. The third-order valence-electron chi connectivity index (χ3n) is 3.91. The van der Waals surface area contributed by atoms with Gasteiger partial charge in [0.2, 0.25) is 0 Å². The molecule has 2 N–H and O–H groups in total. The molecule has 0 spiro atoms. The van der Waals surface area contributed by atoms with E-state index in [4.69, 9.17) is 4.74 Å². The minimum Gasteiger partial charge on any atom is -0.491 e. The SMILES string of the molecule is Cc1cnn(CCNC(=O)NC2COc3c(C)cccc3C2)c1. The molecule has 1 atom stereocenters. The van der Waals surface area contributed by atoms with Gasteiger partial charge in [0.1, 0.15) is 12.4 Å². The molecule has 3 rings (SSSR count). The van der Waals surface area contributed by atoms with Crippen LogP contribution in [-0.2, 0) is 13.0 Å². The topological polar surface area (TPSA) is 68.2 Å². The van der Waals surface area contributed by atoms with Crippen LogP contribution >= 0.6 is 0 Å². The van der Waals surface area contributed by atoms with E-state index in [0.29, 0.717) is 19.7 Å². The van der Waals surface area contributed by atoms with Gasteiger partial charge in [0, 0.05) is 12.7 Å². The quantitative estimate of drug-likeness (QED) is 0.904. The summed E-state index contributed by atoms with van der Waals surface area (Å²) in [7, 11) is 0. The standard InChI is InChI=1S/C17H22N4O2/c1-12-9-19-21(10-12)7-6-18-17(22)20-15-8-14-5-3-4-13(2)16(14)23-11-15/h3-5,9-10,15H,6-8,11H2,1-2H3,(H2,18,20,22). The van der Waals surface area contributed by atoms with E-state index in [0.717, 1.165) is 28.9 Å². The van der Waals surface area contributed by atoms with Gasteiger partial charge < -0.3 is 15.4 Å². The molecule has 1 aromatic heterocycles. The number of nitrogens with one attached hydrogen (secondary N) is 2. The lowest BCUT2D eigenvalue weighted by atomic mass is 10.0. The number of para-hydroxylation sites is 1. The van der Waals surface area contributed by atoms with Crippen molar-refractivity contribution in [2.75, 3.05) is 13.2 Å². The molecule has 0 bridgehead atoms. The molecule has 1 aromatic carbocycles. The van der Waals surface area contributed by atoms with Crippen LogP contribution in [0.2, 0.25) is 0 Å². The summed E-state index contributed by atoms with van der Waals surface area (Å²) in [5.41, 5.74) is 3.40. The highest BCUT2D eigenvalue weighted by molar-refractivity contribution is 5.74. The molecule has 0 saturated heterocycles. The summed E-state index contributed by atoms with van der Waals surface area (Å²) < 4.78 is 7.61. The van der Waals surface area contributed by atoms with E-state index in [2.05, 4.69) is 15.7 Å². The van der Waals surface area contributed by atoms with E-state index in [1.807, 2.05) is 42.9 Å². The van der Waals surface area contributed by atoms with E-state index < -0.39 is 0 Å². The average molecular weight is 314 g/mol. The van der Waals surface area contributed by atoms with Crippen LogP contribution in [0.1, 0.15) is 16.7 Å². The Hall–Kier alpha value is -2.50. The Labute approximate surface area is 135 Å². The van der Waals surface area contributed by atoms with Crippen LogP contribution in [0.5, 0.6) is 5.75 Å². The largest absolute Gasteiger partial charge is 0.491 e. The summed E-state index contributed by atoms with van der Waals surface area (Å²) in [6.07, 6.45) is 4.55. The van der Waals surface area contributed by atoms with Crippen LogP contribution in [0.25, 0.3) is 0 Å². The first-order valence-corrected chi connectivity index (χ1v) is 7.86. The molecule has 1 unspecified atom stereocenters. The second kappa shape index (κ2) is 6.73. The van der Waals surface area contributed by atoms with Gasteiger partial charge in [-0.1, -0.05) is 18.2 Å². The van der Waals surface area contributed by atoms with Crippen molar-refractivity contribution in [1.82, 2.24) is 20.4 Å². The van der Waals surface area contributed by atoms with Gasteiger partial charge in [-0.3, -0.25) is 4.68 Å². The Morgan fingerprint density at radius 1 is 1.43 bits per heavy atom. The molecule has 0 aliphatic carbocycles. The average Bonchev–Trinajstić information content (AvgIpc) is 2.93. The normalized spacial score (nSPS) is 16.3. The summed E-state index contributed by atoms with van der Waals surface area (Å²) in [5.74, 6) is 0.958. The maximum Gasteiger partial charge on any atom is 0.315 e. The van der Waals surface area contributed by atoms with Crippen LogP contribution in [0.4, 0.5) is 4.79 Å². The van der Waals surface area contributed by atoms with Gasteiger partial charge in [-0.25, -0.2) is 4.79 Å². The molecule has 0 fully saturated rings. The number of aromatic nitrogens is 2. The minimum absolute atomic E-state index is 0.00347. The third-order valence-corrected chi connectivity index (χ3v) is 3.91. The first-order valence-electron chi connectivity index (χ1n) is 7.86. The first kappa shape index (κ1) is 15.4. The van der Waals surface area contributed by atoms with Crippen molar-refractivity contribution in [3.8, 4) is 5.75 Å². The molecule has 0 saturated carbocycles. The van der Waals surface area contributed by atoms with Crippen molar-refractivity contribution in [3.63, 3.8) is 0 Å². The summed E-state index contributed by atoms with van der Waals surface area (Å²) in [5, 5.41) is 10.0. The molecule has 6 nitrogen and oxygen atoms in total. The number of carbonyl (C=O) groups is 1. The molecule has 23 heavy (non-hydrogen) atoms. The molecule has 0 radical (unpaired) electrons. The summed E-state index contributed by atoms with van der Waals surface area (Å²) >= 11 is 0. The Bertz CT molecular complexity index is 696. The van der Waals surface area contributed by atoms with E-state index >= 15 is 0 Å². The van der Waals surface area contributed by atoms with E-state index in [1.54, 1.807) is 6.20 Å². The van der Waals surface area contributed by atoms with E-state index in [-0.39, 0.29) is 12.1 Å². The van der Waals surface area contributed by atoms with Crippen molar-refractivity contribution in [2.45, 2.75) is 32.9 Å². The zero-order chi connectivity index (χ0) is 16.2. The molecule has 2 amide bonds. The zero-order valence-corrected chi connectivity index (χ0v) is 13.5. The first-order chi connectivity index (χ1) is 11.1. The van der Waals surface area contributed by atoms with E-state index in [9.17, 15) is 4.79 Å². The smallest absolute Gasteiger partial charge is 0.315 e. The minimum atomic E-state index is -0.168. The Balaban J connectivity index is 1.45. The zero-order valence-electron chi connectivity index (χ0n) is 13.5. The highest BCUT2D eigenvalue weighted by Crippen LogP contribution is 2.28. The van der Waals surface area contributed by atoms with Crippen molar-refractivity contribution in [2.24, 2.45) is 0 Å². The lowest BCUT2D eigenvalue weighted by molar-refractivity contribution is 0.213. The van der Waals surface area contributed by atoms with Crippen molar-refractivity contribution >= 4 is 6.03 Å². The monoisotopic (exact) mass is 314 g/mol. The predicted octanol–water partition coefficient (Wildman–Crippen LogP) is 1.80. The maximum atomic E-state index is 12.0. The number of nitrogens with zero attached hydrogens (tertiary/aromatic N) is 2. The fraction of sp³-hybridized carbons (Fsp3) is 0.412. The highest BCUT2D eigenvalue weighted by atomic mass is 16.5. The Morgan fingerprint density at radius 3 is 3.09 bits per heavy atom. The molecule has 2 heterocycles. The highest BCUT2D eigenvalue weighted by Gasteiger charge is 2.22. The third kappa shape index (κ3) is 3.83. The molecule has 122 valence electrons. The molecule has 1 aliphatic heterocycles. The number of carbonyl (C=O) groups excluding carboxylic acids is 1. The van der Waals surface area contributed by atoms with Crippen LogP contribution in [0.3, 0.4) is 0 Å².